The number of hydrogen-bond donors (Lipinski definition) is 1. The normalized spacial score (nSPS) is 12.0. The first-order valence-electron chi connectivity index (χ1n) is 6.87. The van der Waals surface area contributed by atoms with Crippen LogP contribution in [0.1, 0.15) is 12.0 Å². The average molecular weight is 307 g/mol. The molecule has 0 saturated heterocycles. The van der Waals surface area contributed by atoms with E-state index in [4.69, 9.17) is 21.1 Å². The lowest BCUT2D eigenvalue weighted by atomic mass is 10.1. The summed E-state index contributed by atoms with van der Waals surface area (Å²) in [6.07, 6.45) is 0.933. The number of aliphatic hydroxyl groups is 1. The Bertz CT molecular complexity index is 554. The van der Waals surface area contributed by atoms with Gasteiger partial charge in [-0.3, -0.25) is 0 Å². The summed E-state index contributed by atoms with van der Waals surface area (Å²) >= 11 is 5.87. The van der Waals surface area contributed by atoms with Crippen molar-refractivity contribution >= 4 is 11.6 Å². The summed E-state index contributed by atoms with van der Waals surface area (Å²) in [6, 6.07) is 15.0. The van der Waals surface area contributed by atoms with Gasteiger partial charge in [0, 0.05) is 5.02 Å². The molecule has 2 aromatic rings. The van der Waals surface area contributed by atoms with E-state index in [0.29, 0.717) is 17.2 Å². The van der Waals surface area contributed by atoms with Crippen molar-refractivity contribution < 1.29 is 14.6 Å². The quantitative estimate of drug-likeness (QED) is 0.847. The van der Waals surface area contributed by atoms with Crippen LogP contribution in [0.25, 0.3) is 0 Å². The minimum absolute atomic E-state index is 0.260. The second-order valence-electron chi connectivity index (χ2n) is 4.81. The summed E-state index contributed by atoms with van der Waals surface area (Å²) in [5.41, 5.74) is 1.16. The van der Waals surface area contributed by atoms with Gasteiger partial charge < -0.3 is 14.6 Å². The fourth-order valence-corrected chi connectivity index (χ4v) is 2.14. The first kappa shape index (κ1) is 15.7. The predicted octanol–water partition coefficient (Wildman–Crippen LogP) is 3.72. The second kappa shape index (κ2) is 7.91. The molecular formula is C17H19ClO3. The van der Waals surface area contributed by atoms with Crippen molar-refractivity contribution in [1.82, 2.24) is 0 Å². The number of hydrogen-bond acceptors (Lipinski definition) is 3. The van der Waals surface area contributed by atoms with Gasteiger partial charge in [-0.05, 0) is 48.7 Å². The number of ether oxygens (including phenoxy) is 2. The van der Waals surface area contributed by atoms with Gasteiger partial charge in [0.1, 0.15) is 18.1 Å². The second-order valence-corrected chi connectivity index (χ2v) is 5.25. The average Bonchev–Trinajstić information content (AvgIpc) is 2.51. The highest BCUT2D eigenvalue weighted by Crippen LogP contribution is 2.18. The highest BCUT2D eigenvalue weighted by atomic mass is 35.5. The van der Waals surface area contributed by atoms with E-state index in [0.717, 1.165) is 17.7 Å². The van der Waals surface area contributed by atoms with Gasteiger partial charge in [0.15, 0.2) is 0 Å². The third kappa shape index (κ3) is 5.29. The van der Waals surface area contributed by atoms with Crippen molar-refractivity contribution in [2.24, 2.45) is 0 Å². The molecule has 0 aliphatic rings. The van der Waals surface area contributed by atoms with Crippen molar-refractivity contribution in [2.45, 2.75) is 18.9 Å². The molecule has 21 heavy (non-hydrogen) atoms. The fraction of sp³-hybridized carbons (Fsp3) is 0.294. The molecule has 1 unspecified atom stereocenters. The summed E-state index contributed by atoms with van der Waals surface area (Å²) < 4.78 is 10.6. The zero-order chi connectivity index (χ0) is 15.1. The van der Waals surface area contributed by atoms with Crippen molar-refractivity contribution in [3.05, 3.63) is 59.1 Å². The zero-order valence-electron chi connectivity index (χ0n) is 12.0. The number of methoxy groups -OCH3 is 1. The minimum Gasteiger partial charge on any atom is -0.497 e. The summed E-state index contributed by atoms with van der Waals surface area (Å²) in [7, 11) is 1.64. The van der Waals surface area contributed by atoms with Crippen LogP contribution < -0.4 is 9.47 Å². The third-order valence-corrected chi connectivity index (χ3v) is 3.40. The van der Waals surface area contributed by atoms with Crippen molar-refractivity contribution in [2.75, 3.05) is 13.7 Å². The van der Waals surface area contributed by atoms with E-state index < -0.39 is 6.10 Å². The third-order valence-electron chi connectivity index (χ3n) is 3.16. The van der Waals surface area contributed by atoms with Gasteiger partial charge in [-0.2, -0.15) is 0 Å². The lowest BCUT2D eigenvalue weighted by molar-refractivity contribution is 0.100. The Morgan fingerprint density at radius 1 is 1.10 bits per heavy atom. The molecule has 112 valence electrons. The van der Waals surface area contributed by atoms with E-state index in [-0.39, 0.29) is 6.61 Å². The topological polar surface area (TPSA) is 38.7 Å². The highest BCUT2D eigenvalue weighted by molar-refractivity contribution is 6.30. The first-order valence-corrected chi connectivity index (χ1v) is 7.24. The molecule has 2 aromatic carbocycles. The molecule has 3 nitrogen and oxygen atoms in total. The molecule has 0 aliphatic carbocycles. The van der Waals surface area contributed by atoms with Gasteiger partial charge >= 0.3 is 0 Å². The Labute approximate surface area is 130 Å². The Balaban J connectivity index is 1.75. The molecule has 0 fully saturated rings. The predicted molar refractivity (Wildman–Crippen MR) is 84.3 cm³/mol. The van der Waals surface area contributed by atoms with Gasteiger partial charge in [-0.15, -0.1) is 0 Å². The molecule has 0 aromatic heterocycles. The molecular weight excluding hydrogens is 288 g/mol. The molecule has 0 amide bonds. The van der Waals surface area contributed by atoms with Crippen LogP contribution >= 0.6 is 11.6 Å². The standard InChI is InChI=1S/C17H19ClO3/c1-20-16-9-6-13(7-10-16)5-8-15(19)12-21-17-4-2-3-14(18)11-17/h2-4,6-7,9-11,15,19H,5,8,12H2,1H3. The van der Waals surface area contributed by atoms with E-state index in [1.165, 1.54) is 0 Å². The Kier molecular flexibility index (Phi) is 5.90. The summed E-state index contributed by atoms with van der Waals surface area (Å²) in [5, 5.41) is 10.6. The van der Waals surface area contributed by atoms with Crippen LogP contribution in [-0.4, -0.2) is 24.9 Å². The zero-order valence-corrected chi connectivity index (χ0v) is 12.7. The molecule has 4 heteroatoms. The summed E-state index contributed by atoms with van der Waals surface area (Å²) in [6.45, 7) is 0.260. The van der Waals surface area contributed by atoms with Crippen LogP contribution in [0.3, 0.4) is 0 Å². The van der Waals surface area contributed by atoms with E-state index >= 15 is 0 Å². The molecule has 0 spiro atoms. The van der Waals surface area contributed by atoms with Crippen molar-refractivity contribution in [3.8, 4) is 11.5 Å². The van der Waals surface area contributed by atoms with Gasteiger partial charge in [-0.1, -0.05) is 29.8 Å². The maximum Gasteiger partial charge on any atom is 0.120 e. The van der Waals surface area contributed by atoms with E-state index in [1.807, 2.05) is 36.4 Å². The Morgan fingerprint density at radius 2 is 1.86 bits per heavy atom. The van der Waals surface area contributed by atoms with Crippen LogP contribution in [0.5, 0.6) is 11.5 Å². The minimum atomic E-state index is -0.508. The number of rotatable bonds is 7. The number of aryl methyl sites for hydroxylation is 1. The Morgan fingerprint density at radius 3 is 2.52 bits per heavy atom. The van der Waals surface area contributed by atoms with Crippen LogP contribution in [0, 0.1) is 0 Å². The molecule has 0 saturated carbocycles. The van der Waals surface area contributed by atoms with Crippen molar-refractivity contribution in [3.63, 3.8) is 0 Å². The summed E-state index contributed by atoms with van der Waals surface area (Å²) in [5.74, 6) is 1.51. The first-order chi connectivity index (χ1) is 10.2. The van der Waals surface area contributed by atoms with Crippen LogP contribution in [0.15, 0.2) is 48.5 Å². The molecule has 2 rings (SSSR count). The molecule has 0 heterocycles. The molecule has 0 aliphatic heterocycles. The van der Waals surface area contributed by atoms with Crippen LogP contribution in [0.4, 0.5) is 0 Å². The number of halogens is 1. The van der Waals surface area contributed by atoms with Gasteiger partial charge in [0.05, 0.1) is 13.2 Å². The Hall–Kier alpha value is -1.71. The molecule has 0 bridgehead atoms. The van der Waals surface area contributed by atoms with Crippen LogP contribution in [-0.2, 0) is 6.42 Å². The molecule has 1 atom stereocenters. The highest BCUT2D eigenvalue weighted by Gasteiger charge is 2.06. The smallest absolute Gasteiger partial charge is 0.120 e. The molecule has 0 radical (unpaired) electrons. The lowest BCUT2D eigenvalue weighted by Gasteiger charge is -2.12. The summed E-state index contributed by atoms with van der Waals surface area (Å²) in [4.78, 5) is 0. The number of aliphatic hydroxyl groups excluding tert-OH is 1. The van der Waals surface area contributed by atoms with E-state index in [9.17, 15) is 5.11 Å². The van der Waals surface area contributed by atoms with E-state index in [1.54, 1.807) is 19.2 Å². The van der Waals surface area contributed by atoms with Gasteiger partial charge in [0.2, 0.25) is 0 Å². The largest absolute Gasteiger partial charge is 0.497 e. The van der Waals surface area contributed by atoms with Gasteiger partial charge in [-0.25, -0.2) is 0 Å². The van der Waals surface area contributed by atoms with E-state index in [2.05, 4.69) is 0 Å². The maximum absolute atomic E-state index is 9.96. The SMILES string of the molecule is COc1ccc(CCC(O)COc2cccc(Cl)c2)cc1. The maximum atomic E-state index is 9.96. The fourth-order valence-electron chi connectivity index (χ4n) is 1.96. The van der Waals surface area contributed by atoms with Crippen LogP contribution in [0.2, 0.25) is 5.02 Å². The monoisotopic (exact) mass is 306 g/mol. The van der Waals surface area contributed by atoms with Crippen molar-refractivity contribution in [1.29, 1.82) is 0 Å². The van der Waals surface area contributed by atoms with Gasteiger partial charge in [0.25, 0.3) is 0 Å². The number of benzene rings is 2. The lowest BCUT2D eigenvalue weighted by Crippen LogP contribution is -2.18. The molecule has 1 N–H and O–H groups in total.